The molecule has 5 nitrogen and oxygen atoms in total. The first-order valence-electron chi connectivity index (χ1n) is 8.69. The van der Waals surface area contributed by atoms with Gasteiger partial charge in [0.25, 0.3) is 0 Å². The Bertz CT molecular complexity index is 482. The topological polar surface area (TPSA) is 37.8 Å². The SMILES string of the molecule is CN(C)CCN1CCC2OCCCC2(COc2cccnc2)C1. The molecule has 0 aliphatic carbocycles. The molecule has 0 amide bonds. The van der Waals surface area contributed by atoms with Crippen LogP contribution in [0.3, 0.4) is 0 Å². The largest absolute Gasteiger partial charge is 0.491 e. The molecule has 2 fully saturated rings. The molecule has 128 valence electrons. The number of hydrogen-bond donors (Lipinski definition) is 0. The molecule has 2 aliphatic heterocycles. The lowest BCUT2D eigenvalue weighted by molar-refractivity contribution is -0.139. The summed E-state index contributed by atoms with van der Waals surface area (Å²) < 4.78 is 12.2. The lowest BCUT2D eigenvalue weighted by Crippen LogP contribution is -2.58. The van der Waals surface area contributed by atoms with Crippen LogP contribution in [0.1, 0.15) is 19.3 Å². The third-order valence-electron chi connectivity index (χ3n) is 5.09. The van der Waals surface area contributed by atoms with Gasteiger partial charge in [-0.15, -0.1) is 0 Å². The van der Waals surface area contributed by atoms with E-state index in [0.29, 0.717) is 6.10 Å². The highest BCUT2D eigenvalue weighted by molar-refractivity contribution is 5.16. The Kier molecular flexibility index (Phi) is 5.51. The van der Waals surface area contributed by atoms with Crippen LogP contribution in [0.4, 0.5) is 0 Å². The van der Waals surface area contributed by atoms with Crippen molar-refractivity contribution in [2.75, 3.05) is 53.5 Å². The molecule has 1 aromatic heterocycles. The number of pyridine rings is 1. The van der Waals surface area contributed by atoms with Crippen LogP contribution in [0.2, 0.25) is 0 Å². The molecule has 3 rings (SSSR count). The summed E-state index contributed by atoms with van der Waals surface area (Å²) in [6.07, 6.45) is 7.35. The average Bonchev–Trinajstić information content (AvgIpc) is 2.59. The highest BCUT2D eigenvalue weighted by Gasteiger charge is 2.46. The van der Waals surface area contributed by atoms with E-state index in [2.05, 4.69) is 28.9 Å². The molecule has 2 saturated heterocycles. The van der Waals surface area contributed by atoms with Gasteiger partial charge < -0.3 is 19.3 Å². The van der Waals surface area contributed by atoms with Crippen molar-refractivity contribution in [2.45, 2.75) is 25.4 Å². The summed E-state index contributed by atoms with van der Waals surface area (Å²) in [5.41, 5.74) is 0.124. The second kappa shape index (κ2) is 7.60. The van der Waals surface area contributed by atoms with E-state index in [9.17, 15) is 0 Å². The van der Waals surface area contributed by atoms with Crippen molar-refractivity contribution in [3.05, 3.63) is 24.5 Å². The summed E-state index contributed by atoms with van der Waals surface area (Å²) in [5.74, 6) is 0.858. The zero-order valence-electron chi connectivity index (χ0n) is 14.4. The highest BCUT2D eigenvalue weighted by atomic mass is 16.5. The van der Waals surface area contributed by atoms with Crippen LogP contribution in [0.25, 0.3) is 0 Å². The van der Waals surface area contributed by atoms with Gasteiger partial charge in [0.05, 0.1) is 18.9 Å². The number of fused-ring (bicyclic) bond motifs is 1. The second-order valence-corrected chi connectivity index (χ2v) is 7.17. The van der Waals surface area contributed by atoms with E-state index < -0.39 is 0 Å². The maximum Gasteiger partial charge on any atom is 0.137 e. The van der Waals surface area contributed by atoms with Crippen molar-refractivity contribution in [1.82, 2.24) is 14.8 Å². The molecule has 23 heavy (non-hydrogen) atoms. The normalized spacial score (nSPS) is 28.6. The summed E-state index contributed by atoms with van der Waals surface area (Å²) in [4.78, 5) is 8.98. The minimum absolute atomic E-state index is 0.124. The molecule has 0 aromatic carbocycles. The maximum atomic E-state index is 6.11. The first kappa shape index (κ1) is 16.7. The Hall–Kier alpha value is -1.17. The summed E-state index contributed by atoms with van der Waals surface area (Å²) >= 11 is 0. The second-order valence-electron chi connectivity index (χ2n) is 7.17. The molecule has 0 radical (unpaired) electrons. The van der Waals surface area contributed by atoms with Crippen LogP contribution in [-0.2, 0) is 4.74 Å². The lowest BCUT2D eigenvalue weighted by Gasteiger charge is -2.50. The monoisotopic (exact) mass is 319 g/mol. The predicted octanol–water partition coefficient (Wildman–Crippen LogP) is 1.89. The number of aromatic nitrogens is 1. The summed E-state index contributed by atoms with van der Waals surface area (Å²) in [6, 6.07) is 3.90. The van der Waals surface area contributed by atoms with E-state index >= 15 is 0 Å². The van der Waals surface area contributed by atoms with Crippen molar-refractivity contribution >= 4 is 0 Å². The fourth-order valence-corrected chi connectivity index (χ4v) is 3.78. The van der Waals surface area contributed by atoms with Crippen molar-refractivity contribution in [1.29, 1.82) is 0 Å². The maximum absolute atomic E-state index is 6.11. The van der Waals surface area contributed by atoms with Crippen LogP contribution in [0.15, 0.2) is 24.5 Å². The van der Waals surface area contributed by atoms with E-state index in [-0.39, 0.29) is 5.41 Å². The van der Waals surface area contributed by atoms with Crippen molar-refractivity contribution < 1.29 is 9.47 Å². The van der Waals surface area contributed by atoms with Gasteiger partial charge in [0, 0.05) is 44.4 Å². The number of nitrogens with zero attached hydrogens (tertiary/aromatic N) is 3. The zero-order chi connectivity index (χ0) is 16.1. The van der Waals surface area contributed by atoms with Crippen LogP contribution >= 0.6 is 0 Å². The molecule has 1 aromatic rings. The Morgan fingerprint density at radius 2 is 2.39 bits per heavy atom. The van der Waals surface area contributed by atoms with Crippen LogP contribution < -0.4 is 4.74 Å². The molecule has 2 atom stereocenters. The molecule has 2 aliphatic rings. The highest BCUT2D eigenvalue weighted by Crippen LogP contribution is 2.40. The summed E-state index contributed by atoms with van der Waals surface area (Å²) in [7, 11) is 4.27. The van der Waals surface area contributed by atoms with Gasteiger partial charge in [0.15, 0.2) is 0 Å². The summed E-state index contributed by atoms with van der Waals surface area (Å²) in [5, 5.41) is 0. The van der Waals surface area contributed by atoms with Crippen molar-refractivity contribution in [3.8, 4) is 5.75 Å². The molecule has 0 N–H and O–H groups in total. The van der Waals surface area contributed by atoms with E-state index in [1.807, 2.05) is 12.1 Å². The molecule has 0 spiro atoms. The molecule has 0 saturated carbocycles. The standard InChI is InChI=1S/C18H29N3O2/c1-20(2)10-11-21-9-6-17-18(14-21,7-4-12-22-17)15-23-16-5-3-8-19-13-16/h3,5,8,13,17H,4,6-7,9-12,14-15H2,1-2H3. The Morgan fingerprint density at radius 3 is 3.17 bits per heavy atom. The number of rotatable bonds is 6. The third kappa shape index (κ3) is 4.22. The van der Waals surface area contributed by atoms with Gasteiger partial charge in [-0.2, -0.15) is 0 Å². The van der Waals surface area contributed by atoms with Crippen LogP contribution in [-0.4, -0.2) is 74.4 Å². The lowest BCUT2D eigenvalue weighted by atomic mass is 9.73. The molecular formula is C18H29N3O2. The van der Waals surface area contributed by atoms with E-state index in [0.717, 1.165) is 58.0 Å². The fourth-order valence-electron chi connectivity index (χ4n) is 3.78. The molecular weight excluding hydrogens is 290 g/mol. The predicted molar refractivity (Wildman–Crippen MR) is 90.8 cm³/mol. The molecule has 3 heterocycles. The number of likely N-dealkylation sites (tertiary alicyclic amines) is 1. The van der Waals surface area contributed by atoms with Gasteiger partial charge >= 0.3 is 0 Å². The van der Waals surface area contributed by atoms with Gasteiger partial charge in [-0.1, -0.05) is 0 Å². The van der Waals surface area contributed by atoms with Gasteiger partial charge in [-0.05, 0) is 45.5 Å². The van der Waals surface area contributed by atoms with Gasteiger partial charge in [0.1, 0.15) is 5.75 Å². The number of likely N-dealkylation sites (N-methyl/N-ethyl adjacent to an activating group) is 1. The minimum Gasteiger partial charge on any atom is -0.491 e. The number of ether oxygens (including phenoxy) is 2. The van der Waals surface area contributed by atoms with Crippen molar-refractivity contribution in [2.24, 2.45) is 5.41 Å². The minimum atomic E-state index is 0.124. The average molecular weight is 319 g/mol. The molecule has 2 unspecified atom stereocenters. The first-order valence-corrected chi connectivity index (χ1v) is 8.69. The van der Waals surface area contributed by atoms with E-state index in [1.54, 1.807) is 12.4 Å². The van der Waals surface area contributed by atoms with Gasteiger partial charge in [-0.3, -0.25) is 4.98 Å². The molecule has 0 bridgehead atoms. The van der Waals surface area contributed by atoms with Gasteiger partial charge in [0.2, 0.25) is 0 Å². The third-order valence-corrected chi connectivity index (χ3v) is 5.09. The van der Waals surface area contributed by atoms with E-state index in [1.165, 1.54) is 6.42 Å². The fraction of sp³-hybridized carbons (Fsp3) is 0.722. The Balaban J connectivity index is 1.65. The first-order chi connectivity index (χ1) is 11.2. The van der Waals surface area contributed by atoms with Crippen LogP contribution in [0, 0.1) is 5.41 Å². The molecule has 5 heteroatoms. The van der Waals surface area contributed by atoms with Crippen molar-refractivity contribution in [3.63, 3.8) is 0 Å². The van der Waals surface area contributed by atoms with Crippen LogP contribution in [0.5, 0.6) is 5.75 Å². The smallest absolute Gasteiger partial charge is 0.137 e. The van der Waals surface area contributed by atoms with E-state index in [4.69, 9.17) is 9.47 Å². The Labute approximate surface area is 139 Å². The zero-order valence-corrected chi connectivity index (χ0v) is 14.4. The number of hydrogen-bond acceptors (Lipinski definition) is 5. The summed E-state index contributed by atoms with van der Waals surface area (Å²) in [6.45, 7) is 6.05. The number of piperidine rings is 1. The quantitative estimate of drug-likeness (QED) is 0.800. The van der Waals surface area contributed by atoms with Gasteiger partial charge in [-0.25, -0.2) is 0 Å². The Morgan fingerprint density at radius 1 is 1.48 bits per heavy atom.